The van der Waals surface area contributed by atoms with Gasteiger partial charge >= 0.3 is 0 Å². The Hall–Kier alpha value is -0.920. The number of unbranched alkanes of at least 4 members (excludes halogenated alkanes) is 2. The lowest BCUT2D eigenvalue weighted by atomic mass is 9.91. The lowest BCUT2D eigenvalue weighted by Gasteiger charge is -2.12. The van der Waals surface area contributed by atoms with Crippen molar-refractivity contribution < 1.29 is 9.59 Å². The molecule has 0 saturated heterocycles. The Morgan fingerprint density at radius 3 is 2.62 bits per heavy atom. The van der Waals surface area contributed by atoms with E-state index in [1.165, 1.54) is 0 Å². The molecule has 2 nitrogen and oxygen atoms in total. The Labute approximate surface area is 98.1 Å². The van der Waals surface area contributed by atoms with Crippen LogP contribution in [0, 0.1) is 11.8 Å². The molecule has 1 aliphatic rings. The first-order valence-electron chi connectivity index (χ1n) is 6.39. The summed E-state index contributed by atoms with van der Waals surface area (Å²) in [4.78, 5) is 22.8. The number of allylic oxidation sites excluding steroid dienone is 2. The number of Topliss-reactive ketones (excluding diaryl/α,β-unsaturated/α-hetero) is 1. The van der Waals surface area contributed by atoms with Crippen molar-refractivity contribution in [3.05, 3.63) is 12.2 Å². The van der Waals surface area contributed by atoms with Gasteiger partial charge in [0.2, 0.25) is 0 Å². The van der Waals surface area contributed by atoms with E-state index in [1.807, 2.05) is 13.0 Å². The zero-order chi connectivity index (χ0) is 12.0. The zero-order valence-electron chi connectivity index (χ0n) is 10.4. The minimum Gasteiger partial charge on any atom is -0.300 e. The molecule has 0 spiro atoms. The maximum absolute atomic E-state index is 11.6. The monoisotopic (exact) mass is 222 g/mol. The van der Waals surface area contributed by atoms with E-state index in [0.29, 0.717) is 24.5 Å². The minimum atomic E-state index is 0.0865. The van der Waals surface area contributed by atoms with Crippen molar-refractivity contribution in [3.8, 4) is 0 Å². The smallest absolute Gasteiger partial charge is 0.158 e. The van der Waals surface area contributed by atoms with Gasteiger partial charge < -0.3 is 0 Å². The molecule has 0 aromatic carbocycles. The number of carbonyl (C=O) groups is 2. The van der Waals surface area contributed by atoms with E-state index in [4.69, 9.17) is 0 Å². The molecule has 16 heavy (non-hydrogen) atoms. The first-order valence-corrected chi connectivity index (χ1v) is 6.39. The van der Waals surface area contributed by atoms with Gasteiger partial charge in [0.05, 0.1) is 0 Å². The van der Waals surface area contributed by atoms with Crippen LogP contribution in [0.15, 0.2) is 12.2 Å². The third kappa shape index (κ3) is 3.92. The van der Waals surface area contributed by atoms with Crippen LogP contribution in [0.3, 0.4) is 0 Å². The summed E-state index contributed by atoms with van der Waals surface area (Å²) < 4.78 is 0. The van der Waals surface area contributed by atoms with Gasteiger partial charge in [0.1, 0.15) is 5.78 Å². The molecule has 1 unspecified atom stereocenters. The molecule has 0 amide bonds. The summed E-state index contributed by atoms with van der Waals surface area (Å²) >= 11 is 0. The fourth-order valence-electron chi connectivity index (χ4n) is 2.12. The van der Waals surface area contributed by atoms with Gasteiger partial charge in [0.25, 0.3) is 0 Å². The van der Waals surface area contributed by atoms with E-state index in [9.17, 15) is 9.59 Å². The molecule has 0 fully saturated rings. The fourth-order valence-corrected chi connectivity index (χ4v) is 2.12. The molecule has 0 aromatic rings. The minimum absolute atomic E-state index is 0.0865. The average Bonchev–Trinajstić information content (AvgIpc) is 2.58. The highest BCUT2D eigenvalue weighted by Gasteiger charge is 2.25. The van der Waals surface area contributed by atoms with E-state index >= 15 is 0 Å². The van der Waals surface area contributed by atoms with E-state index in [1.54, 1.807) is 6.08 Å². The molecule has 1 aliphatic carbocycles. The molecule has 0 bridgehead atoms. The average molecular weight is 222 g/mol. The fraction of sp³-hybridized carbons (Fsp3) is 0.714. The number of carbonyl (C=O) groups excluding carboxylic acids is 2. The van der Waals surface area contributed by atoms with Gasteiger partial charge in [-0.1, -0.05) is 32.8 Å². The number of hydrogen-bond donors (Lipinski definition) is 0. The maximum Gasteiger partial charge on any atom is 0.158 e. The summed E-state index contributed by atoms with van der Waals surface area (Å²) in [5, 5.41) is 0. The predicted octanol–water partition coefficient (Wildman–Crippen LogP) is 3.31. The van der Waals surface area contributed by atoms with Crippen LogP contribution in [-0.4, -0.2) is 11.6 Å². The molecule has 0 heterocycles. The van der Waals surface area contributed by atoms with Crippen molar-refractivity contribution in [3.63, 3.8) is 0 Å². The van der Waals surface area contributed by atoms with Crippen molar-refractivity contribution in [2.24, 2.45) is 11.8 Å². The van der Waals surface area contributed by atoms with Gasteiger partial charge in [0, 0.05) is 18.8 Å². The van der Waals surface area contributed by atoms with Crippen molar-refractivity contribution in [2.45, 2.75) is 52.4 Å². The van der Waals surface area contributed by atoms with Crippen LogP contribution in [0.4, 0.5) is 0 Å². The number of hydrogen-bond acceptors (Lipinski definition) is 2. The van der Waals surface area contributed by atoms with Crippen molar-refractivity contribution in [2.75, 3.05) is 0 Å². The molecular formula is C14H22O2. The van der Waals surface area contributed by atoms with Gasteiger partial charge in [-0.05, 0) is 24.8 Å². The van der Waals surface area contributed by atoms with E-state index in [-0.39, 0.29) is 11.7 Å². The van der Waals surface area contributed by atoms with Gasteiger partial charge in [-0.3, -0.25) is 9.59 Å². The Bertz CT molecular complexity index is 278. The highest BCUT2D eigenvalue weighted by Crippen LogP contribution is 2.26. The van der Waals surface area contributed by atoms with Crippen LogP contribution in [0.25, 0.3) is 0 Å². The molecule has 0 aliphatic heterocycles. The predicted molar refractivity (Wildman–Crippen MR) is 65.2 cm³/mol. The largest absolute Gasteiger partial charge is 0.300 e. The number of rotatable bonds is 7. The summed E-state index contributed by atoms with van der Waals surface area (Å²) in [6.07, 6.45) is 9.14. The number of ketones is 2. The lowest BCUT2D eigenvalue weighted by molar-refractivity contribution is -0.120. The van der Waals surface area contributed by atoms with Crippen LogP contribution < -0.4 is 0 Å². The molecule has 0 saturated carbocycles. The van der Waals surface area contributed by atoms with Gasteiger partial charge in [-0.25, -0.2) is 0 Å². The van der Waals surface area contributed by atoms with Crippen molar-refractivity contribution in [1.29, 1.82) is 0 Å². The third-order valence-corrected chi connectivity index (χ3v) is 3.41. The second-order valence-corrected chi connectivity index (χ2v) is 4.75. The lowest BCUT2D eigenvalue weighted by Crippen LogP contribution is -2.13. The molecule has 2 heteroatoms. The zero-order valence-corrected chi connectivity index (χ0v) is 10.4. The summed E-state index contributed by atoms with van der Waals surface area (Å²) in [7, 11) is 0. The molecule has 0 N–H and O–H groups in total. The highest BCUT2D eigenvalue weighted by molar-refractivity contribution is 5.94. The summed E-state index contributed by atoms with van der Waals surface area (Å²) in [5.41, 5.74) is 0. The van der Waals surface area contributed by atoms with Crippen LogP contribution in [0.2, 0.25) is 0 Å². The van der Waals surface area contributed by atoms with Crippen molar-refractivity contribution >= 4 is 11.6 Å². The normalized spacial score (nSPS) is 24.0. The molecule has 90 valence electrons. The van der Waals surface area contributed by atoms with Gasteiger partial charge in [-0.2, -0.15) is 0 Å². The first kappa shape index (κ1) is 13.1. The molecule has 1 rings (SSSR count). The van der Waals surface area contributed by atoms with Crippen LogP contribution in [-0.2, 0) is 9.59 Å². The summed E-state index contributed by atoms with van der Waals surface area (Å²) in [5.74, 6) is 0.947. The summed E-state index contributed by atoms with van der Waals surface area (Å²) in [6.45, 7) is 4.09. The summed E-state index contributed by atoms with van der Waals surface area (Å²) in [6, 6.07) is 0. The molecular weight excluding hydrogens is 200 g/mol. The standard InChI is InChI=1S/C14H22O2/c1-3-4-5-6-13(15)9-7-12-8-10-14(16)11(12)2/h8,10-12H,3-7,9H2,1-2H3/t11?,12-/m0/s1. The maximum atomic E-state index is 11.6. The van der Waals surface area contributed by atoms with Crippen LogP contribution in [0.1, 0.15) is 52.4 Å². The topological polar surface area (TPSA) is 34.1 Å². The SMILES string of the molecule is CCCCCC(=O)CC[C@H]1C=CC(=O)C1C. The Morgan fingerprint density at radius 2 is 2.06 bits per heavy atom. The Kier molecular flexibility index (Phi) is 5.44. The second kappa shape index (κ2) is 6.62. The van der Waals surface area contributed by atoms with E-state index in [2.05, 4.69) is 6.92 Å². The highest BCUT2D eigenvalue weighted by atomic mass is 16.1. The second-order valence-electron chi connectivity index (χ2n) is 4.75. The van der Waals surface area contributed by atoms with Crippen molar-refractivity contribution in [1.82, 2.24) is 0 Å². The first-order chi connectivity index (χ1) is 7.65. The van der Waals surface area contributed by atoms with Crippen LogP contribution in [0.5, 0.6) is 0 Å². The molecule has 0 radical (unpaired) electrons. The van der Waals surface area contributed by atoms with Gasteiger partial charge in [-0.15, -0.1) is 0 Å². The van der Waals surface area contributed by atoms with E-state index < -0.39 is 0 Å². The molecule has 0 aromatic heterocycles. The van der Waals surface area contributed by atoms with Gasteiger partial charge in [0.15, 0.2) is 5.78 Å². The van der Waals surface area contributed by atoms with Crippen LogP contribution >= 0.6 is 0 Å². The third-order valence-electron chi connectivity index (χ3n) is 3.41. The Balaban J connectivity index is 2.17. The van der Waals surface area contributed by atoms with E-state index in [0.717, 1.165) is 25.7 Å². The molecule has 2 atom stereocenters. The Morgan fingerprint density at radius 1 is 1.31 bits per heavy atom. The quantitative estimate of drug-likeness (QED) is 0.619.